The Morgan fingerprint density at radius 3 is 2.57 bits per heavy atom. The highest BCUT2D eigenvalue weighted by Crippen LogP contribution is 2.49. The van der Waals surface area contributed by atoms with Gasteiger partial charge in [-0.2, -0.15) is 0 Å². The molecule has 154 valence electrons. The van der Waals surface area contributed by atoms with E-state index in [9.17, 15) is 22.8 Å². The number of nitrogens with one attached hydrogen (secondary N) is 1. The Morgan fingerprint density at radius 1 is 1.36 bits per heavy atom. The summed E-state index contributed by atoms with van der Waals surface area (Å²) in [6.45, 7) is 2.03. The Balaban J connectivity index is 2.10. The van der Waals surface area contributed by atoms with Crippen LogP contribution in [0.5, 0.6) is 0 Å². The van der Waals surface area contributed by atoms with Gasteiger partial charge in [0.2, 0.25) is 11.8 Å². The second-order valence-corrected chi connectivity index (χ2v) is 8.15. The molecule has 3 rings (SSSR count). The Hall–Kier alpha value is -1.96. The van der Waals surface area contributed by atoms with E-state index in [1.54, 1.807) is 6.92 Å². The van der Waals surface area contributed by atoms with Gasteiger partial charge in [-0.1, -0.05) is 17.7 Å². The number of carbonyl (C=O) groups is 2. The first-order valence-electron chi connectivity index (χ1n) is 9.24. The maximum absolute atomic E-state index is 13.7. The number of piperazine rings is 1. The number of benzene rings is 1. The molecule has 9 heteroatoms. The number of hydrogen-bond donors (Lipinski definition) is 2. The molecule has 1 aromatic rings. The van der Waals surface area contributed by atoms with Crippen LogP contribution in [0.2, 0.25) is 5.02 Å². The van der Waals surface area contributed by atoms with Crippen molar-refractivity contribution in [3.63, 3.8) is 0 Å². The van der Waals surface area contributed by atoms with Gasteiger partial charge in [0.25, 0.3) is 0 Å². The SMILES string of the molecule is CC1([C@H](c2ccc(F)c(Cl)c2)C2CCC(F)(F)CC2)C(=O)NCCN1C(N)=O. The summed E-state index contributed by atoms with van der Waals surface area (Å²) in [6, 6.07) is 3.31. The number of rotatable bonds is 3. The maximum atomic E-state index is 13.7. The number of carbonyl (C=O) groups excluding carboxylic acids is 2. The molecule has 0 bridgehead atoms. The largest absolute Gasteiger partial charge is 0.352 e. The van der Waals surface area contributed by atoms with E-state index in [0.717, 1.165) is 0 Å². The number of amides is 3. The highest BCUT2D eigenvalue weighted by atomic mass is 35.5. The molecule has 1 heterocycles. The second-order valence-electron chi connectivity index (χ2n) is 7.74. The molecule has 1 saturated heterocycles. The number of nitrogens with zero attached hydrogens (tertiary/aromatic N) is 1. The average molecular weight is 418 g/mol. The predicted octanol–water partition coefficient (Wildman–Crippen LogP) is 3.66. The van der Waals surface area contributed by atoms with Crippen molar-refractivity contribution in [3.05, 3.63) is 34.6 Å². The molecule has 2 atom stereocenters. The Morgan fingerprint density at radius 2 is 2.00 bits per heavy atom. The zero-order chi connectivity index (χ0) is 20.7. The van der Waals surface area contributed by atoms with Crippen molar-refractivity contribution in [1.82, 2.24) is 10.2 Å². The molecule has 3 N–H and O–H groups in total. The predicted molar refractivity (Wildman–Crippen MR) is 98.8 cm³/mol. The van der Waals surface area contributed by atoms with E-state index in [0.29, 0.717) is 5.56 Å². The van der Waals surface area contributed by atoms with Gasteiger partial charge < -0.3 is 16.0 Å². The minimum absolute atomic E-state index is 0.130. The molecule has 2 fully saturated rings. The number of halogens is 4. The highest BCUT2D eigenvalue weighted by Gasteiger charge is 2.54. The van der Waals surface area contributed by atoms with Crippen molar-refractivity contribution in [2.75, 3.05) is 13.1 Å². The van der Waals surface area contributed by atoms with Crippen LogP contribution in [0.1, 0.15) is 44.1 Å². The van der Waals surface area contributed by atoms with Gasteiger partial charge in [-0.25, -0.2) is 18.0 Å². The van der Waals surface area contributed by atoms with E-state index in [1.165, 1.54) is 23.1 Å². The standard InChI is InChI=1S/C19H23ClF3N3O2/c1-18(16(27)25-8-9-26(18)17(24)28)15(11-4-6-19(22,23)7-5-11)12-2-3-14(21)13(20)10-12/h2-3,10-11,15H,4-9H2,1H3,(H2,24,28)(H,25,27)/t15-,18?/m0/s1. The molecule has 5 nitrogen and oxygen atoms in total. The summed E-state index contributed by atoms with van der Waals surface area (Å²) < 4.78 is 41.2. The maximum Gasteiger partial charge on any atom is 0.315 e. The van der Waals surface area contributed by atoms with Crippen molar-refractivity contribution in [2.24, 2.45) is 11.7 Å². The molecule has 3 amide bonds. The van der Waals surface area contributed by atoms with Crippen LogP contribution in [0.4, 0.5) is 18.0 Å². The van der Waals surface area contributed by atoms with Crippen molar-refractivity contribution in [2.45, 2.75) is 50.0 Å². The lowest BCUT2D eigenvalue weighted by atomic mass is 9.66. The summed E-state index contributed by atoms with van der Waals surface area (Å²) in [6.07, 6.45) is -0.279. The lowest BCUT2D eigenvalue weighted by molar-refractivity contribution is -0.137. The number of nitrogens with two attached hydrogens (primary N) is 1. The van der Waals surface area contributed by atoms with Crippen molar-refractivity contribution < 1.29 is 22.8 Å². The summed E-state index contributed by atoms with van der Waals surface area (Å²) in [5.41, 5.74) is 4.67. The summed E-state index contributed by atoms with van der Waals surface area (Å²) in [7, 11) is 0. The molecular weight excluding hydrogens is 395 g/mol. The molecule has 0 aromatic heterocycles. The van der Waals surface area contributed by atoms with Gasteiger partial charge in [0, 0.05) is 31.8 Å². The molecule has 1 aliphatic carbocycles. The van der Waals surface area contributed by atoms with E-state index in [-0.39, 0.29) is 49.7 Å². The van der Waals surface area contributed by atoms with Crippen LogP contribution in [0, 0.1) is 11.7 Å². The molecule has 1 saturated carbocycles. The van der Waals surface area contributed by atoms with E-state index in [1.807, 2.05) is 0 Å². The molecule has 1 unspecified atom stereocenters. The van der Waals surface area contributed by atoms with Crippen LogP contribution in [-0.4, -0.2) is 41.4 Å². The third-order valence-electron chi connectivity index (χ3n) is 6.05. The second kappa shape index (κ2) is 7.46. The molecule has 1 aromatic carbocycles. The number of alkyl halides is 2. The van der Waals surface area contributed by atoms with Crippen LogP contribution < -0.4 is 11.1 Å². The highest BCUT2D eigenvalue weighted by molar-refractivity contribution is 6.30. The van der Waals surface area contributed by atoms with Crippen molar-refractivity contribution in [3.8, 4) is 0 Å². The lowest BCUT2D eigenvalue weighted by Gasteiger charge is -2.50. The van der Waals surface area contributed by atoms with Crippen LogP contribution >= 0.6 is 11.6 Å². The summed E-state index contributed by atoms with van der Waals surface area (Å²) >= 11 is 5.96. The monoisotopic (exact) mass is 417 g/mol. The van der Waals surface area contributed by atoms with Crippen molar-refractivity contribution in [1.29, 1.82) is 0 Å². The smallest absolute Gasteiger partial charge is 0.315 e. The molecule has 2 aliphatic rings. The van der Waals surface area contributed by atoms with Crippen LogP contribution in [0.25, 0.3) is 0 Å². The summed E-state index contributed by atoms with van der Waals surface area (Å²) in [4.78, 5) is 26.4. The Bertz CT molecular complexity index is 782. The van der Waals surface area contributed by atoms with Gasteiger partial charge in [-0.05, 0) is 43.4 Å². The Kier molecular flexibility index (Phi) is 5.53. The number of urea groups is 1. The molecule has 0 radical (unpaired) electrons. The lowest BCUT2D eigenvalue weighted by Crippen LogP contribution is -2.69. The topological polar surface area (TPSA) is 75.4 Å². The molecule has 0 spiro atoms. The number of hydrogen-bond acceptors (Lipinski definition) is 2. The van der Waals surface area contributed by atoms with E-state index < -0.39 is 35.1 Å². The zero-order valence-electron chi connectivity index (χ0n) is 15.5. The minimum atomic E-state index is -2.75. The fourth-order valence-electron chi connectivity index (χ4n) is 4.62. The molecule has 28 heavy (non-hydrogen) atoms. The van der Waals surface area contributed by atoms with E-state index in [2.05, 4.69) is 5.32 Å². The van der Waals surface area contributed by atoms with Gasteiger partial charge in [0.05, 0.1) is 5.02 Å². The summed E-state index contributed by atoms with van der Waals surface area (Å²) in [5.74, 6) is -4.77. The fourth-order valence-corrected chi connectivity index (χ4v) is 4.81. The van der Waals surface area contributed by atoms with E-state index >= 15 is 0 Å². The third kappa shape index (κ3) is 3.66. The first kappa shape index (κ1) is 20.8. The fraction of sp³-hybridized carbons (Fsp3) is 0.579. The van der Waals surface area contributed by atoms with Crippen LogP contribution in [0.15, 0.2) is 18.2 Å². The molecular formula is C19H23ClF3N3O2. The third-order valence-corrected chi connectivity index (χ3v) is 6.34. The van der Waals surface area contributed by atoms with Gasteiger partial charge in [0.1, 0.15) is 11.4 Å². The van der Waals surface area contributed by atoms with Gasteiger partial charge in [-0.3, -0.25) is 4.79 Å². The van der Waals surface area contributed by atoms with Gasteiger partial charge >= 0.3 is 6.03 Å². The summed E-state index contributed by atoms with van der Waals surface area (Å²) in [5, 5.41) is 2.61. The van der Waals surface area contributed by atoms with Crippen LogP contribution in [-0.2, 0) is 4.79 Å². The molecule has 1 aliphatic heterocycles. The quantitative estimate of drug-likeness (QED) is 0.787. The van der Waals surface area contributed by atoms with Gasteiger partial charge in [-0.15, -0.1) is 0 Å². The Labute approximate surface area is 166 Å². The number of primary amides is 1. The normalized spacial score (nSPS) is 26.6. The van der Waals surface area contributed by atoms with Gasteiger partial charge in [0.15, 0.2) is 0 Å². The first-order chi connectivity index (χ1) is 13.1. The minimum Gasteiger partial charge on any atom is -0.352 e. The van der Waals surface area contributed by atoms with Crippen LogP contribution in [0.3, 0.4) is 0 Å². The average Bonchev–Trinajstić information content (AvgIpc) is 2.62. The first-order valence-corrected chi connectivity index (χ1v) is 9.62. The van der Waals surface area contributed by atoms with E-state index in [4.69, 9.17) is 17.3 Å². The van der Waals surface area contributed by atoms with Crippen molar-refractivity contribution >= 4 is 23.5 Å². The zero-order valence-corrected chi connectivity index (χ0v) is 16.2.